The molecule has 0 aliphatic rings. The van der Waals surface area contributed by atoms with Crippen LogP contribution in [0.5, 0.6) is 5.75 Å². The molecule has 0 unspecified atom stereocenters. The van der Waals surface area contributed by atoms with Gasteiger partial charge in [0.15, 0.2) is 0 Å². The van der Waals surface area contributed by atoms with E-state index in [4.69, 9.17) is 10.5 Å². The largest absolute Gasteiger partial charge is 0.495 e. The molecule has 9 heteroatoms. The maximum absolute atomic E-state index is 13.6. The Hall–Kier alpha value is -5.15. The lowest BCUT2D eigenvalue weighted by Gasteiger charge is -2.17. The zero-order valence-corrected chi connectivity index (χ0v) is 23.0. The first-order chi connectivity index (χ1) is 19.5. The highest BCUT2D eigenvalue weighted by molar-refractivity contribution is 6.20. The van der Waals surface area contributed by atoms with Crippen LogP contribution in [0.1, 0.15) is 35.3 Å². The van der Waals surface area contributed by atoms with Crippen molar-refractivity contribution in [2.75, 3.05) is 7.11 Å². The quantitative estimate of drug-likeness (QED) is 0.294. The number of methoxy groups -OCH3 is 1. The number of nitrogens with zero attached hydrogens (tertiary/aromatic N) is 2. The summed E-state index contributed by atoms with van der Waals surface area (Å²) in [6.45, 7) is 5.27. The smallest absolute Gasteiger partial charge is 0.340 e. The summed E-state index contributed by atoms with van der Waals surface area (Å²) in [5.74, 6) is -0.0910. The van der Waals surface area contributed by atoms with Crippen LogP contribution in [0.3, 0.4) is 0 Å². The molecule has 0 spiro atoms. The van der Waals surface area contributed by atoms with Crippen molar-refractivity contribution < 1.29 is 14.6 Å². The van der Waals surface area contributed by atoms with Crippen LogP contribution in [0, 0.1) is 6.92 Å². The highest BCUT2D eigenvalue weighted by atomic mass is 16.5. The summed E-state index contributed by atoms with van der Waals surface area (Å²) < 4.78 is 7.80. The van der Waals surface area contributed by atoms with E-state index in [1.165, 1.54) is 17.6 Å². The Morgan fingerprint density at radius 3 is 2.49 bits per heavy atom. The molecule has 6 rings (SSSR count). The molecule has 41 heavy (non-hydrogen) atoms. The Morgan fingerprint density at radius 1 is 1.00 bits per heavy atom. The van der Waals surface area contributed by atoms with Crippen molar-refractivity contribution in [3.05, 3.63) is 110 Å². The molecule has 4 N–H and O–H groups in total. The maximum atomic E-state index is 13.6. The van der Waals surface area contributed by atoms with Crippen LogP contribution in [0.15, 0.2) is 82.5 Å². The van der Waals surface area contributed by atoms with Crippen LogP contribution in [0.4, 0.5) is 0 Å². The minimum absolute atomic E-state index is 0.330. The van der Waals surface area contributed by atoms with Crippen molar-refractivity contribution in [3.8, 4) is 22.6 Å². The van der Waals surface area contributed by atoms with Gasteiger partial charge in [0.1, 0.15) is 5.75 Å². The highest BCUT2D eigenvalue weighted by Gasteiger charge is 2.22. The van der Waals surface area contributed by atoms with Crippen molar-refractivity contribution in [3.63, 3.8) is 0 Å². The average molecular weight is 549 g/mol. The number of rotatable bonds is 5. The number of pyridine rings is 1. The van der Waals surface area contributed by atoms with Gasteiger partial charge < -0.3 is 20.6 Å². The molecule has 0 atom stereocenters. The third kappa shape index (κ3) is 4.09. The molecule has 9 nitrogen and oxygen atoms in total. The topological polar surface area (TPSA) is 132 Å². The number of amides is 1. The number of aromatic nitrogens is 3. The number of carbonyl (C=O) groups is 1. The summed E-state index contributed by atoms with van der Waals surface area (Å²) in [7, 11) is 1.51. The number of carbonyl (C=O) groups excluding carboxylic acids is 1. The summed E-state index contributed by atoms with van der Waals surface area (Å²) >= 11 is 0. The molecule has 0 aliphatic carbocycles. The van der Waals surface area contributed by atoms with E-state index in [2.05, 4.69) is 4.98 Å². The minimum atomic E-state index is -1.06. The first kappa shape index (κ1) is 26.1. The zero-order valence-electron chi connectivity index (χ0n) is 23.0. The Balaban J connectivity index is 1.64. The van der Waals surface area contributed by atoms with E-state index < -0.39 is 22.8 Å². The Labute approximate surface area is 234 Å². The number of aliphatic hydroxyl groups is 1. The van der Waals surface area contributed by atoms with Crippen molar-refractivity contribution in [2.45, 2.75) is 26.4 Å². The Morgan fingerprint density at radius 2 is 1.78 bits per heavy atom. The number of nitrogens with two attached hydrogens (primary N) is 1. The second kappa shape index (κ2) is 9.21. The van der Waals surface area contributed by atoms with E-state index >= 15 is 0 Å². The third-order valence-electron chi connectivity index (χ3n) is 7.64. The Kier molecular flexibility index (Phi) is 5.86. The van der Waals surface area contributed by atoms with E-state index in [9.17, 15) is 19.5 Å². The number of ether oxygens (including phenoxy) is 1. The summed E-state index contributed by atoms with van der Waals surface area (Å²) in [5.41, 5.74) is 9.21. The van der Waals surface area contributed by atoms with Crippen molar-refractivity contribution in [1.82, 2.24) is 14.0 Å². The predicted octanol–water partition coefficient (Wildman–Crippen LogP) is 4.40. The predicted molar refractivity (Wildman–Crippen MR) is 159 cm³/mol. The molecular formula is C32H28N4O5. The van der Waals surface area contributed by atoms with Gasteiger partial charge in [-0.25, -0.2) is 9.36 Å². The number of hydrogen-bond donors (Lipinski definition) is 3. The monoisotopic (exact) mass is 548 g/mol. The normalized spacial score (nSPS) is 11.9. The second-order valence-corrected chi connectivity index (χ2v) is 10.6. The molecule has 0 radical (unpaired) electrons. The number of hydrogen-bond acceptors (Lipinski definition) is 5. The number of fused-ring (bicyclic) bond motifs is 4. The van der Waals surface area contributed by atoms with Crippen molar-refractivity contribution in [1.29, 1.82) is 0 Å². The molecule has 206 valence electrons. The Bertz CT molecular complexity index is 2160. The van der Waals surface area contributed by atoms with Gasteiger partial charge in [0.05, 0.1) is 41.2 Å². The van der Waals surface area contributed by atoms with Crippen LogP contribution in [0.2, 0.25) is 0 Å². The third-order valence-corrected chi connectivity index (χ3v) is 7.64. The summed E-state index contributed by atoms with van der Waals surface area (Å²) in [6.07, 6.45) is 1.55. The van der Waals surface area contributed by atoms with Gasteiger partial charge in [0.25, 0.3) is 11.5 Å². The number of benzene rings is 3. The van der Waals surface area contributed by atoms with E-state index in [-0.39, 0.29) is 0 Å². The molecule has 0 saturated carbocycles. The van der Waals surface area contributed by atoms with E-state index in [0.717, 1.165) is 32.0 Å². The molecular weight excluding hydrogens is 520 g/mol. The van der Waals surface area contributed by atoms with Crippen LogP contribution in [-0.4, -0.2) is 32.1 Å². The summed E-state index contributed by atoms with van der Waals surface area (Å²) in [5, 5.41) is 12.2. The molecule has 3 aromatic heterocycles. The van der Waals surface area contributed by atoms with E-state index in [1.807, 2.05) is 37.3 Å². The molecule has 3 aromatic carbocycles. The lowest BCUT2D eigenvalue weighted by Crippen LogP contribution is -2.36. The fourth-order valence-electron chi connectivity index (χ4n) is 5.49. The highest BCUT2D eigenvalue weighted by Crippen LogP contribution is 2.39. The molecule has 0 aliphatic heterocycles. The van der Waals surface area contributed by atoms with Gasteiger partial charge in [-0.3, -0.25) is 14.0 Å². The van der Waals surface area contributed by atoms with Gasteiger partial charge in [0, 0.05) is 22.4 Å². The van der Waals surface area contributed by atoms with Gasteiger partial charge in [-0.1, -0.05) is 30.3 Å². The molecule has 0 saturated heterocycles. The fourth-order valence-corrected chi connectivity index (χ4v) is 5.49. The zero-order chi connectivity index (χ0) is 29.2. The molecule has 0 bridgehead atoms. The first-order valence-electron chi connectivity index (χ1n) is 13.0. The standard InChI is InChI=1S/C32H28N4O5/c1-17-21(6-5-7-26(17)36-27(37)15-19-9-10-20(41-4)16-35(19)31(36)39)22-12-13-24(30(33)38)29-28(22)23-11-8-18(32(2,3)40)14-25(23)34-29/h5-16,34,40H,1-4H3,(H2,33,38). The van der Waals surface area contributed by atoms with E-state index in [1.54, 1.807) is 50.4 Å². The minimum Gasteiger partial charge on any atom is -0.495 e. The summed E-state index contributed by atoms with van der Waals surface area (Å²) in [6, 6.07) is 19.3. The van der Waals surface area contributed by atoms with E-state index in [0.29, 0.717) is 39.2 Å². The van der Waals surface area contributed by atoms with Gasteiger partial charge in [0.2, 0.25) is 0 Å². The first-order valence-corrected chi connectivity index (χ1v) is 13.0. The van der Waals surface area contributed by atoms with Crippen LogP contribution in [-0.2, 0) is 5.60 Å². The van der Waals surface area contributed by atoms with Crippen molar-refractivity contribution in [2.24, 2.45) is 5.73 Å². The SMILES string of the molecule is COc1ccc2cc(=O)n(-c3cccc(-c4ccc(C(N)=O)c5[nH]c6cc(C(C)(C)O)ccc6c45)c3C)c(=O)n2c1. The van der Waals surface area contributed by atoms with Crippen LogP contribution < -0.4 is 21.7 Å². The maximum Gasteiger partial charge on any atom is 0.340 e. The number of primary amides is 1. The van der Waals surface area contributed by atoms with Gasteiger partial charge in [-0.2, -0.15) is 0 Å². The molecule has 0 fully saturated rings. The lowest BCUT2D eigenvalue weighted by atomic mass is 9.92. The summed E-state index contributed by atoms with van der Waals surface area (Å²) in [4.78, 5) is 42.5. The van der Waals surface area contributed by atoms with Gasteiger partial charge in [-0.15, -0.1) is 0 Å². The fraction of sp³-hybridized carbons (Fsp3) is 0.156. The molecule has 6 aromatic rings. The van der Waals surface area contributed by atoms with Gasteiger partial charge in [-0.05, 0) is 73.4 Å². The number of nitrogens with one attached hydrogen (secondary N) is 1. The van der Waals surface area contributed by atoms with Crippen LogP contribution >= 0.6 is 0 Å². The second-order valence-electron chi connectivity index (χ2n) is 10.6. The molecule has 3 heterocycles. The van der Waals surface area contributed by atoms with Crippen molar-refractivity contribution >= 4 is 33.2 Å². The number of aromatic amines is 1. The molecule has 1 amide bonds. The average Bonchev–Trinajstić information content (AvgIpc) is 3.32. The van der Waals surface area contributed by atoms with Crippen LogP contribution in [0.25, 0.3) is 44.1 Å². The number of H-pyrrole nitrogens is 1. The van der Waals surface area contributed by atoms with Gasteiger partial charge >= 0.3 is 5.69 Å². The lowest BCUT2D eigenvalue weighted by molar-refractivity contribution is 0.0787.